The minimum atomic E-state index is -1.04. The Hall–Kier alpha value is -6.21. The zero-order valence-corrected chi connectivity index (χ0v) is 32.1. The Bertz CT molecular complexity index is 2170. The molecule has 2 heterocycles. The minimum Gasteiger partial charge on any atom is -0.368 e. The first kappa shape index (κ1) is 40.0. The number of allylic oxidation sites excluding steroid dienone is 2. The summed E-state index contributed by atoms with van der Waals surface area (Å²) < 4.78 is 0. The van der Waals surface area contributed by atoms with E-state index in [1.54, 1.807) is 39.0 Å². The van der Waals surface area contributed by atoms with E-state index in [0.717, 1.165) is 11.1 Å². The van der Waals surface area contributed by atoms with Gasteiger partial charge in [-0.15, -0.1) is 0 Å². The summed E-state index contributed by atoms with van der Waals surface area (Å²) in [5.41, 5.74) is 20.9. The Kier molecular flexibility index (Phi) is 12.6. The first-order valence-corrected chi connectivity index (χ1v) is 18.1. The maximum Gasteiger partial charge on any atom is 0.255 e. The zero-order valence-electron chi connectivity index (χ0n) is 32.1. The number of nitrogens with zero attached hydrogens (tertiary/aromatic N) is 2. The minimum absolute atomic E-state index is 0.00286. The monoisotopic (exact) mass is 744 g/mol. The molecule has 3 aromatic carbocycles. The fourth-order valence-electron chi connectivity index (χ4n) is 6.56. The number of aromatic nitrogens is 2. The van der Waals surface area contributed by atoms with E-state index < -0.39 is 35.7 Å². The SMILES string of the molecule is CC(C)=C(C)c1ccc(-c2nc(C)c(C(=O)N[C@@H](CCN)C(=O)Nc3c(C)cc4cc3-c3cccc(c3)CC(=O)NCC(=O)NC(C(N)=O)C4)c(C)n2)cc1. The van der Waals surface area contributed by atoms with Crippen molar-refractivity contribution in [3.8, 4) is 22.5 Å². The fourth-order valence-corrected chi connectivity index (χ4v) is 6.56. The highest BCUT2D eigenvalue weighted by Gasteiger charge is 2.27. The number of nitrogens with one attached hydrogen (secondary N) is 4. The average molecular weight is 745 g/mol. The van der Waals surface area contributed by atoms with Crippen molar-refractivity contribution in [2.75, 3.05) is 18.4 Å². The van der Waals surface area contributed by atoms with Gasteiger partial charge in [0.15, 0.2) is 5.82 Å². The molecule has 2 atom stereocenters. The summed E-state index contributed by atoms with van der Waals surface area (Å²) in [6, 6.07) is 16.8. The number of hydrogen-bond acceptors (Lipinski definition) is 8. The molecule has 55 heavy (non-hydrogen) atoms. The molecule has 1 aliphatic rings. The third-order valence-electron chi connectivity index (χ3n) is 9.71. The predicted molar refractivity (Wildman–Crippen MR) is 213 cm³/mol. The van der Waals surface area contributed by atoms with Crippen molar-refractivity contribution in [3.05, 3.63) is 105 Å². The number of primary amides is 1. The van der Waals surface area contributed by atoms with Crippen molar-refractivity contribution in [3.63, 3.8) is 0 Å². The van der Waals surface area contributed by atoms with Crippen LogP contribution in [0.1, 0.15) is 71.2 Å². The zero-order chi connectivity index (χ0) is 40.0. The Morgan fingerprint density at radius 1 is 0.891 bits per heavy atom. The van der Waals surface area contributed by atoms with Crippen molar-refractivity contribution in [2.45, 2.75) is 72.9 Å². The van der Waals surface area contributed by atoms with Gasteiger partial charge >= 0.3 is 0 Å². The molecule has 0 fully saturated rings. The third-order valence-corrected chi connectivity index (χ3v) is 9.71. The second-order valence-electron chi connectivity index (χ2n) is 14.1. The van der Waals surface area contributed by atoms with E-state index in [9.17, 15) is 24.0 Å². The van der Waals surface area contributed by atoms with Gasteiger partial charge in [0.2, 0.25) is 23.6 Å². The molecule has 4 bridgehead atoms. The normalized spacial score (nSPS) is 14.8. The number of anilines is 1. The fraction of sp³-hybridized carbons (Fsp3) is 0.310. The Morgan fingerprint density at radius 3 is 2.22 bits per heavy atom. The first-order chi connectivity index (χ1) is 26.1. The van der Waals surface area contributed by atoms with Gasteiger partial charge in [-0.05, 0) is 94.0 Å². The van der Waals surface area contributed by atoms with E-state index in [1.165, 1.54) is 11.1 Å². The molecule has 1 unspecified atom stereocenters. The predicted octanol–water partition coefficient (Wildman–Crippen LogP) is 3.82. The van der Waals surface area contributed by atoms with Crippen LogP contribution in [0.2, 0.25) is 0 Å². The summed E-state index contributed by atoms with van der Waals surface area (Å²) in [7, 11) is 0. The molecule has 0 saturated heterocycles. The van der Waals surface area contributed by atoms with Crippen LogP contribution in [0.5, 0.6) is 0 Å². The Morgan fingerprint density at radius 2 is 1.58 bits per heavy atom. The van der Waals surface area contributed by atoms with E-state index in [-0.39, 0.29) is 43.8 Å². The highest BCUT2D eigenvalue weighted by atomic mass is 16.2. The highest BCUT2D eigenvalue weighted by molar-refractivity contribution is 6.04. The molecule has 0 saturated carbocycles. The molecule has 13 nitrogen and oxygen atoms in total. The van der Waals surface area contributed by atoms with Crippen molar-refractivity contribution >= 4 is 40.8 Å². The van der Waals surface area contributed by atoms with Crippen LogP contribution in [0.15, 0.2) is 66.2 Å². The standard InChI is InChI=1S/C42H48N8O5/c1-22(2)24(4)29-10-12-30(13-11-29)40-46-25(5)37(26(6)47-40)42(55)49-33(14-15-43)41(54)50-38-23(3)16-28-18-32(38)31-9-7-8-27(17-31)20-35(51)45-21-36(52)48-34(19-28)39(44)53/h7-13,16-18,33-34H,14-15,19-21,43H2,1-6H3,(H2,44,53)(H,45,51)(H,48,52)(H,49,55)(H,50,54)/t33-,34?/m0/s1. The van der Waals surface area contributed by atoms with Crippen LogP contribution >= 0.6 is 0 Å². The summed E-state index contributed by atoms with van der Waals surface area (Å²) in [5.74, 6) is -2.19. The summed E-state index contributed by atoms with van der Waals surface area (Å²) >= 11 is 0. The Balaban J connectivity index is 1.44. The van der Waals surface area contributed by atoms with Gasteiger partial charge in [-0.1, -0.05) is 60.2 Å². The molecular formula is C42H48N8O5. The topological polar surface area (TPSA) is 211 Å². The van der Waals surface area contributed by atoms with Crippen LogP contribution in [-0.2, 0) is 32.0 Å². The largest absolute Gasteiger partial charge is 0.368 e. The molecule has 0 spiro atoms. The number of nitrogens with two attached hydrogens (primary N) is 2. The molecule has 5 rings (SSSR count). The molecule has 0 aliphatic carbocycles. The molecule has 13 heteroatoms. The van der Waals surface area contributed by atoms with Gasteiger partial charge in [-0.3, -0.25) is 24.0 Å². The molecule has 4 aromatic rings. The number of fused-ring (bicyclic) bond motifs is 5. The van der Waals surface area contributed by atoms with E-state index in [4.69, 9.17) is 11.5 Å². The lowest BCUT2D eigenvalue weighted by Gasteiger charge is -2.23. The number of carbonyl (C=O) groups excluding carboxylic acids is 5. The number of hydrogen-bond donors (Lipinski definition) is 6. The van der Waals surface area contributed by atoms with Gasteiger partial charge in [0.05, 0.1) is 35.6 Å². The first-order valence-electron chi connectivity index (χ1n) is 18.1. The lowest BCUT2D eigenvalue weighted by molar-refractivity contribution is -0.128. The Labute approximate surface area is 320 Å². The maximum atomic E-state index is 14.0. The molecule has 5 amide bonds. The smallest absolute Gasteiger partial charge is 0.255 e. The van der Waals surface area contributed by atoms with Crippen LogP contribution < -0.4 is 32.7 Å². The molecule has 8 N–H and O–H groups in total. The van der Waals surface area contributed by atoms with E-state index >= 15 is 0 Å². The molecule has 1 aliphatic heterocycles. The number of benzene rings is 3. The van der Waals surface area contributed by atoms with Gasteiger partial charge < -0.3 is 32.7 Å². The number of rotatable bonds is 9. The van der Waals surface area contributed by atoms with Gasteiger partial charge in [-0.25, -0.2) is 9.97 Å². The van der Waals surface area contributed by atoms with Crippen LogP contribution in [0.3, 0.4) is 0 Å². The summed E-state index contributed by atoms with van der Waals surface area (Å²) in [6.07, 6.45) is 0.212. The van der Waals surface area contributed by atoms with Crippen molar-refractivity contribution < 1.29 is 24.0 Å². The average Bonchev–Trinajstić information content (AvgIpc) is 3.13. The van der Waals surface area contributed by atoms with Crippen molar-refractivity contribution in [1.29, 1.82) is 0 Å². The third kappa shape index (κ3) is 9.67. The van der Waals surface area contributed by atoms with E-state index in [1.807, 2.05) is 42.5 Å². The summed E-state index contributed by atoms with van der Waals surface area (Å²) in [5, 5.41) is 11.1. The maximum absolute atomic E-state index is 14.0. The van der Waals surface area contributed by atoms with Crippen LogP contribution in [0, 0.1) is 20.8 Å². The van der Waals surface area contributed by atoms with Gasteiger partial charge in [-0.2, -0.15) is 0 Å². The van der Waals surface area contributed by atoms with E-state index in [2.05, 4.69) is 52.0 Å². The van der Waals surface area contributed by atoms with Crippen LogP contribution in [0.25, 0.3) is 28.1 Å². The molecule has 0 radical (unpaired) electrons. The van der Waals surface area contributed by atoms with Crippen LogP contribution in [0.4, 0.5) is 5.69 Å². The van der Waals surface area contributed by atoms with Crippen LogP contribution in [-0.4, -0.2) is 64.7 Å². The molecular weight excluding hydrogens is 697 g/mol. The second kappa shape index (κ2) is 17.3. The van der Waals surface area contributed by atoms with Gasteiger partial charge in [0.25, 0.3) is 5.91 Å². The molecule has 1 aromatic heterocycles. The second-order valence-corrected chi connectivity index (χ2v) is 14.1. The lowest BCUT2D eigenvalue weighted by Crippen LogP contribution is -2.49. The number of amides is 5. The summed E-state index contributed by atoms with van der Waals surface area (Å²) in [6.45, 7) is 11.3. The van der Waals surface area contributed by atoms with Crippen molar-refractivity contribution in [2.24, 2.45) is 11.5 Å². The number of carbonyl (C=O) groups is 5. The lowest BCUT2D eigenvalue weighted by atomic mass is 9.93. The summed E-state index contributed by atoms with van der Waals surface area (Å²) in [4.78, 5) is 74.8. The van der Waals surface area contributed by atoms with Gasteiger partial charge in [0.1, 0.15) is 12.1 Å². The highest BCUT2D eigenvalue weighted by Crippen LogP contribution is 2.34. The van der Waals surface area contributed by atoms with Gasteiger partial charge in [0, 0.05) is 17.5 Å². The van der Waals surface area contributed by atoms with Crippen molar-refractivity contribution in [1.82, 2.24) is 25.9 Å². The van der Waals surface area contributed by atoms with E-state index in [0.29, 0.717) is 50.7 Å². The quantitative estimate of drug-likeness (QED) is 0.148. The molecule has 286 valence electrons. The number of aryl methyl sites for hydroxylation is 3.